The molecule has 5 nitrogen and oxygen atoms in total. The van der Waals surface area contributed by atoms with Crippen molar-refractivity contribution in [3.05, 3.63) is 30.1 Å². The van der Waals surface area contributed by atoms with Crippen LogP contribution < -0.4 is 9.47 Å². The maximum Gasteiger partial charge on any atom is 0.307 e. The van der Waals surface area contributed by atoms with Crippen molar-refractivity contribution in [2.45, 2.75) is 13.3 Å². The summed E-state index contributed by atoms with van der Waals surface area (Å²) < 4.78 is 10.8. The minimum atomic E-state index is -0.887. The normalized spacial score (nSPS) is 10.4. The summed E-state index contributed by atoms with van der Waals surface area (Å²) in [4.78, 5) is 14.9. The van der Waals surface area contributed by atoms with E-state index in [2.05, 4.69) is 4.98 Å². The zero-order valence-corrected chi connectivity index (χ0v) is 10.8. The van der Waals surface area contributed by atoms with Crippen molar-refractivity contribution in [3.8, 4) is 11.5 Å². The van der Waals surface area contributed by atoms with Crippen LogP contribution >= 0.6 is 0 Å². The topological polar surface area (TPSA) is 68.7 Å². The zero-order valence-electron chi connectivity index (χ0n) is 10.8. The van der Waals surface area contributed by atoms with E-state index in [1.165, 1.54) is 0 Å². The van der Waals surface area contributed by atoms with Gasteiger partial charge in [-0.05, 0) is 30.0 Å². The van der Waals surface area contributed by atoms with E-state index in [-0.39, 0.29) is 6.42 Å². The fourth-order valence-electron chi connectivity index (χ4n) is 1.97. The number of fused-ring (bicyclic) bond motifs is 1. The summed E-state index contributed by atoms with van der Waals surface area (Å²) in [6.07, 6.45) is 3.18. The molecule has 100 valence electrons. The second-order valence-electron chi connectivity index (χ2n) is 4.03. The number of aliphatic carboxylic acids is 1. The van der Waals surface area contributed by atoms with Gasteiger partial charge in [0.2, 0.25) is 0 Å². The van der Waals surface area contributed by atoms with Crippen molar-refractivity contribution in [2.75, 3.05) is 13.7 Å². The van der Waals surface area contributed by atoms with Gasteiger partial charge in [0.05, 0.1) is 20.1 Å². The number of methoxy groups -OCH3 is 1. The first-order valence-electron chi connectivity index (χ1n) is 5.95. The molecule has 1 aromatic carbocycles. The molecule has 0 aliphatic carbocycles. The van der Waals surface area contributed by atoms with E-state index in [0.717, 1.165) is 10.8 Å². The Morgan fingerprint density at radius 2 is 2.11 bits per heavy atom. The number of hydrogen-bond donors (Lipinski definition) is 1. The van der Waals surface area contributed by atoms with Crippen LogP contribution in [0.3, 0.4) is 0 Å². The van der Waals surface area contributed by atoms with E-state index in [0.29, 0.717) is 23.7 Å². The van der Waals surface area contributed by atoms with Gasteiger partial charge in [0.25, 0.3) is 0 Å². The van der Waals surface area contributed by atoms with Gasteiger partial charge in [-0.3, -0.25) is 9.78 Å². The largest absolute Gasteiger partial charge is 0.493 e. The lowest BCUT2D eigenvalue weighted by atomic mass is 10.0. The summed E-state index contributed by atoms with van der Waals surface area (Å²) >= 11 is 0. The smallest absolute Gasteiger partial charge is 0.307 e. The molecule has 0 spiro atoms. The number of aromatic nitrogens is 1. The molecule has 0 radical (unpaired) electrons. The van der Waals surface area contributed by atoms with E-state index in [1.54, 1.807) is 25.6 Å². The summed E-state index contributed by atoms with van der Waals surface area (Å²) in [7, 11) is 1.56. The predicted octanol–water partition coefficient (Wildman–Crippen LogP) is 2.27. The molecular formula is C14H15NO4. The number of hydrogen-bond acceptors (Lipinski definition) is 4. The predicted molar refractivity (Wildman–Crippen MR) is 70.8 cm³/mol. The Labute approximate surface area is 110 Å². The van der Waals surface area contributed by atoms with Crippen molar-refractivity contribution in [2.24, 2.45) is 0 Å². The number of pyridine rings is 1. The van der Waals surface area contributed by atoms with Crippen LogP contribution in [-0.4, -0.2) is 29.8 Å². The molecule has 0 atom stereocenters. The maximum absolute atomic E-state index is 10.9. The number of carbonyl (C=O) groups is 1. The average Bonchev–Trinajstić information content (AvgIpc) is 2.38. The molecule has 5 heteroatoms. The molecule has 19 heavy (non-hydrogen) atoms. The van der Waals surface area contributed by atoms with Crippen LogP contribution in [0.4, 0.5) is 0 Å². The lowest BCUT2D eigenvalue weighted by molar-refractivity contribution is -0.136. The molecule has 1 heterocycles. The van der Waals surface area contributed by atoms with Gasteiger partial charge in [0.1, 0.15) is 0 Å². The summed E-state index contributed by atoms with van der Waals surface area (Å²) in [6.45, 7) is 2.42. The standard InChI is InChI=1S/C14H15NO4/c1-3-19-13-4-9-7-15-8-10(5-14(16)17)11(9)6-12(13)18-2/h4,6-8H,3,5H2,1-2H3,(H,16,17). The third-order valence-electron chi connectivity index (χ3n) is 2.77. The van der Waals surface area contributed by atoms with Gasteiger partial charge in [-0.15, -0.1) is 0 Å². The third kappa shape index (κ3) is 2.76. The van der Waals surface area contributed by atoms with E-state index in [1.807, 2.05) is 13.0 Å². The summed E-state index contributed by atoms with van der Waals surface area (Å²) in [5, 5.41) is 10.6. The van der Waals surface area contributed by atoms with E-state index >= 15 is 0 Å². The van der Waals surface area contributed by atoms with Gasteiger partial charge in [-0.25, -0.2) is 0 Å². The molecule has 0 unspecified atom stereocenters. The Kier molecular flexibility index (Phi) is 3.85. The van der Waals surface area contributed by atoms with E-state index < -0.39 is 5.97 Å². The molecular weight excluding hydrogens is 246 g/mol. The molecule has 0 fully saturated rings. The van der Waals surface area contributed by atoms with Gasteiger partial charge in [-0.1, -0.05) is 0 Å². The lowest BCUT2D eigenvalue weighted by Gasteiger charge is -2.12. The van der Waals surface area contributed by atoms with Crippen molar-refractivity contribution in [3.63, 3.8) is 0 Å². The van der Waals surface area contributed by atoms with Crippen LogP contribution in [0.5, 0.6) is 11.5 Å². The number of carboxylic acids is 1. The molecule has 0 bridgehead atoms. The quantitative estimate of drug-likeness (QED) is 0.894. The molecule has 1 N–H and O–H groups in total. The molecule has 0 aliphatic rings. The van der Waals surface area contributed by atoms with Crippen LogP contribution in [0, 0.1) is 0 Å². The van der Waals surface area contributed by atoms with E-state index in [4.69, 9.17) is 14.6 Å². The van der Waals surface area contributed by atoms with Crippen LogP contribution in [0.2, 0.25) is 0 Å². The van der Waals surface area contributed by atoms with Crippen LogP contribution in [-0.2, 0) is 11.2 Å². The minimum absolute atomic E-state index is 0.0680. The van der Waals surface area contributed by atoms with Crippen LogP contribution in [0.25, 0.3) is 10.8 Å². The van der Waals surface area contributed by atoms with Gasteiger partial charge in [0, 0.05) is 17.8 Å². The van der Waals surface area contributed by atoms with Crippen molar-refractivity contribution >= 4 is 16.7 Å². The van der Waals surface area contributed by atoms with Gasteiger partial charge >= 0.3 is 5.97 Å². The highest BCUT2D eigenvalue weighted by Gasteiger charge is 2.11. The number of rotatable bonds is 5. The summed E-state index contributed by atoms with van der Waals surface area (Å²) in [5.74, 6) is 0.334. The number of nitrogens with zero attached hydrogens (tertiary/aromatic N) is 1. The Hall–Kier alpha value is -2.30. The van der Waals surface area contributed by atoms with Crippen molar-refractivity contribution < 1.29 is 19.4 Å². The fraction of sp³-hybridized carbons (Fsp3) is 0.286. The Bertz CT molecular complexity index is 610. The number of benzene rings is 1. The van der Waals surface area contributed by atoms with Gasteiger partial charge in [-0.2, -0.15) is 0 Å². The first-order chi connectivity index (χ1) is 9.15. The Morgan fingerprint density at radius 3 is 2.74 bits per heavy atom. The lowest BCUT2D eigenvalue weighted by Crippen LogP contribution is -2.02. The second kappa shape index (κ2) is 5.56. The molecule has 0 aliphatic heterocycles. The SMILES string of the molecule is CCOc1cc2cncc(CC(=O)O)c2cc1OC. The molecule has 2 aromatic rings. The molecule has 2 rings (SSSR count). The highest BCUT2D eigenvalue weighted by Crippen LogP contribution is 2.33. The van der Waals surface area contributed by atoms with E-state index in [9.17, 15) is 4.79 Å². The van der Waals surface area contributed by atoms with Crippen molar-refractivity contribution in [1.29, 1.82) is 0 Å². The van der Waals surface area contributed by atoms with Crippen LogP contribution in [0.1, 0.15) is 12.5 Å². The first-order valence-corrected chi connectivity index (χ1v) is 5.95. The fourth-order valence-corrected chi connectivity index (χ4v) is 1.97. The van der Waals surface area contributed by atoms with Crippen LogP contribution in [0.15, 0.2) is 24.5 Å². The number of ether oxygens (including phenoxy) is 2. The molecule has 1 aromatic heterocycles. The van der Waals surface area contributed by atoms with Gasteiger partial charge in [0.15, 0.2) is 11.5 Å². The Morgan fingerprint density at radius 1 is 1.32 bits per heavy atom. The number of carboxylic acid groups (broad SMARTS) is 1. The monoisotopic (exact) mass is 261 g/mol. The average molecular weight is 261 g/mol. The first kappa shape index (κ1) is 13.1. The van der Waals surface area contributed by atoms with Crippen molar-refractivity contribution in [1.82, 2.24) is 4.98 Å². The summed E-state index contributed by atoms with van der Waals surface area (Å²) in [5.41, 5.74) is 0.659. The highest BCUT2D eigenvalue weighted by atomic mass is 16.5. The van der Waals surface area contributed by atoms with Gasteiger partial charge < -0.3 is 14.6 Å². The highest BCUT2D eigenvalue weighted by molar-refractivity contribution is 5.90. The molecule has 0 saturated carbocycles. The molecule has 0 amide bonds. The zero-order chi connectivity index (χ0) is 13.8. The second-order valence-corrected chi connectivity index (χ2v) is 4.03. The summed E-state index contributed by atoms with van der Waals surface area (Å²) in [6, 6.07) is 3.61. The maximum atomic E-state index is 10.9. The third-order valence-corrected chi connectivity index (χ3v) is 2.77. The Balaban J connectivity index is 2.59. The minimum Gasteiger partial charge on any atom is -0.493 e. The molecule has 0 saturated heterocycles.